The van der Waals surface area contributed by atoms with Crippen LogP contribution in [0.2, 0.25) is 0 Å². The molecule has 124 valence electrons. The third-order valence-electron chi connectivity index (χ3n) is 4.68. The van der Waals surface area contributed by atoms with Crippen LogP contribution in [0.15, 0.2) is 48.7 Å². The predicted octanol–water partition coefficient (Wildman–Crippen LogP) is 1.87. The zero-order valence-corrected chi connectivity index (χ0v) is 13.6. The van der Waals surface area contributed by atoms with Gasteiger partial charge >= 0.3 is 0 Å². The fourth-order valence-electron chi connectivity index (χ4n) is 3.38. The fraction of sp³-hybridized carbons (Fsp3) is 0.333. The molecule has 0 spiro atoms. The Kier molecular flexibility index (Phi) is 3.92. The van der Waals surface area contributed by atoms with E-state index < -0.39 is 0 Å². The van der Waals surface area contributed by atoms with Crippen molar-refractivity contribution in [1.82, 2.24) is 19.5 Å². The molecule has 3 heterocycles. The minimum absolute atomic E-state index is 0.192. The molecule has 2 unspecified atom stereocenters. The van der Waals surface area contributed by atoms with Gasteiger partial charge in [-0.2, -0.15) is 9.61 Å². The normalized spacial score (nSPS) is 21.4. The molecule has 1 saturated heterocycles. The van der Waals surface area contributed by atoms with E-state index in [2.05, 4.69) is 27.4 Å². The van der Waals surface area contributed by atoms with Gasteiger partial charge in [0.05, 0.1) is 18.5 Å². The Balaban J connectivity index is 1.68. The molecule has 2 atom stereocenters. The van der Waals surface area contributed by atoms with E-state index in [-0.39, 0.29) is 18.7 Å². The van der Waals surface area contributed by atoms with E-state index in [1.165, 1.54) is 0 Å². The Bertz CT molecular complexity index is 832. The van der Waals surface area contributed by atoms with Crippen LogP contribution < -0.4 is 5.32 Å². The van der Waals surface area contributed by atoms with E-state index >= 15 is 0 Å². The summed E-state index contributed by atoms with van der Waals surface area (Å²) in [6, 6.07) is 14.6. The standard InChI is InChI=1S/C18H21N5O/c1-22-11-14(9-15(22)12-24)20-18-10-16(13-5-3-2-4-6-13)21-17-7-8-19-23(17)18/h2-8,10,14-15,20,24H,9,11-12H2,1H3. The number of hydrogen-bond acceptors (Lipinski definition) is 5. The molecule has 2 N–H and O–H groups in total. The molecule has 6 heteroatoms. The van der Waals surface area contributed by atoms with E-state index in [1.54, 1.807) is 6.20 Å². The van der Waals surface area contributed by atoms with Crippen LogP contribution in [0, 0.1) is 0 Å². The second-order valence-electron chi connectivity index (χ2n) is 6.35. The number of benzene rings is 1. The Morgan fingerprint density at radius 1 is 1.25 bits per heavy atom. The van der Waals surface area contributed by atoms with Crippen molar-refractivity contribution >= 4 is 11.5 Å². The molecule has 1 aromatic carbocycles. The molecule has 3 aromatic rings. The summed E-state index contributed by atoms with van der Waals surface area (Å²) in [5, 5.41) is 17.4. The Hall–Kier alpha value is -2.44. The number of aliphatic hydroxyl groups is 1. The van der Waals surface area contributed by atoms with Gasteiger partial charge in [-0.15, -0.1) is 0 Å². The van der Waals surface area contributed by atoms with Crippen LogP contribution in [0.1, 0.15) is 6.42 Å². The number of hydrogen-bond donors (Lipinski definition) is 2. The lowest BCUT2D eigenvalue weighted by Crippen LogP contribution is -2.28. The number of fused-ring (bicyclic) bond motifs is 1. The van der Waals surface area contributed by atoms with Crippen molar-refractivity contribution in [2.24, 2.45) is 0 Å². The van der Waals surface area contributed by atoms with Crippen LogP contribution in [0.5, 0.6) is 0 Å². The molecule has 24 heavy (non-hydrogen) atoms. The highest BCUT2D eigenvalue weighted by Crippen LogP contribution is 2.24. The number of aromatic nitrogens is 3. The number of anilines is 1. The molecule has 0 bridgehead atoms. The minimum Gasteiger partial charge on any atom is -0.395 e. The first kappa shape index (κ1) is 15.1. The Morgan fingerprint density at radius 3 is 2.83 bits per heavy atom. The van der Waals surface area contributed by atoms with Crippen molar-refractivity contribution in [3.05, 3.63) is 48.7 Å². The van der Waals surface area contributed by atoms with Crippen molar-refractivity contribution in [2.45, 2.75) is 18.5 Å². The maximum absolute atomic E-state index is 9.45. The summed E-state index contributed by atoms with van der Waals surface area (Å²) in [6.07, 6.45) is 2.68. The van der Waals surface area contributed by atoms with E-state index in [0.717, 1.165) is 35.7 Å². The molecule has 1 aliphatic rings. The van der Waals surface area contributed by atoms with E-state index in [9.17, 15) is 5.11 Å². The summed E-state index contributed by atoms with van der Waals surface area (Å²) in [5.41, 5.74) is 2.83. The third-order valence-corrected chi connectivity index (χ3v) is 4.68. The molecule has 0 aliphatic carbocycles. The number of aliphatic hydroxyl groups excluding tert-OH is 1. The van der Waals surface area contributed by atoms with Crippen LogP contribution >= 0.6 is 0 Å². The quantitative estimate of drug-likeness (QED) is 0.767. The SMILES string of the molecule is CN1CC(Nc2cc(-c3ccccc3)nc3ccnn23)CC1CO. The van der Waals surface area contributed by atoms with Gasteiger partial charge < -0.3 is 10.4 Å². The lowest BCUT2D eigenvalue weighted by atomic mass is 10.1. The minimum atomic E-state index is 0.192. The maximum Gasteiger partial charge on any atom is 0.157 e. The first-order valence-electron chi connectivity index (χ1n) is 8.22. The number of likely N-dealkylation sites (N-methyl/N-ethyl adjacent to an activating group) is 1. The molecule has 1 fully saturated rings. The summed E-state index contributed by atoms with van der Waals surface area (Å²) in [5.74, 6) is 0.931. The van der Waals surface area contributed by atoms with Crippen molar-refractivity contribution in [3.8, 4) is 11.3 Å². The van der Waals surface area contributed by atoms with Crippen LogP contribution in [0.4, 0.5) is 5.82 Å². The highest BCUT2D eigenvalue weighted by Gasteiger charge is 2.29. The summed E-state index contributed by atoms with van der Waals surface area (Å²) in [4.78, 5) is 6.89. The Labute approximate surface area is 140 Å². The second-order valence-corrected chi connectivity index (χ2v) is 6.35. The third kappa shape index (κ3) is 2.74. The molecule has 0 amide bonds. The van der Waals surface area contributed by atoms with Crippen molar-refractivity contribution < 1.29 is 5.11 Å². The molecule has 1 aliphatic heterocycles. The van der Waals surface area contributed by atoms with Gasteiger partial charge in [0.25, 0.3) is 0 Å². The van der Waals surface area contributed by atoms with Gasteiger partial charge in [-0.05, 0) is 13.5 Å². The lowest BCUT2D eigenvalue weighted by Gasteiger charge is -2.16. The van der Waals surface area contributed by atoms with E-state index in [1.807, 2.05) is 41.9 Å². The van der Waals surface area contributed by atoms with Gasteiger partial charge in [0, 0.05) is 36.3 Å². The smallest absolute Gasteiger partial charge is 0.157 e. The molecule has 0 radical (unpaired) electrons. The second kappa shape index (κ2) is 6.22. The summed E-state index contributed by atoms with van der Waals surface area (Å²) >= 11 is 0. The topological polar surface area (TPSA) is 65.7 Å². The number of nitrogens with zero attached hydrogens (tertiary/aromatic N) is 4. The molecule has 0 saturated carbocycles. The average Bonchev–Trinajstić information content (AvgIpc) is 3.21. The maximum atomic E-state index is 9.45. The van der Waals surface area contributed by atoms with Gasteiger partial charge in [-0.3, -0.25) is 4.90 Å². The van der Waals surface area contributed by atoms with E-state index in [4.69, 9.17) is 4.98 Å². The van der Waals surface area contributed by atoms with Crippen molar-refractivity contribution in [3.63, 3.8) is 0 Å². The van der Waals surface area contributed by atoms with Crippen molar-refractivity contribution in [2.75, 3.05) is 25.5 Å². The van der Waals surface area contributed by atoms with Gasteiger partial charge in [-0.25, -0.2) is 4.98 Å². The highest BCUT2D eigenvalue weighted by atomic mass is 16.3. The van der Waals surface area contributed by atoms with Gasteiger partial charge in [0.15, 0.2) is 5.65 Å². The first-order chi connectivity index (χ1) is 11.7. The fourth-order valence-corrected chi connectivity index (χ4v) is 3.38. The average molecular weight is 323 g/mol. The van der Waals surface area contributed by atoms with Gasteiger partial charge in [-0.1, -0.05) is 30.3 Å². The van der Waals surface area contributed by atoms with Crippen LogP contribution in [0.25, 0.3) is 16.9 Å². The van der Waals surface area contributed by atoms with Gasteiger partial charge in [0.1, 0.15) is 5.82 Å². The number of nitrogens with one attached hydrogen (secondary N) is 1. The lowest BCUT2D eigenvalue weighted by molar-refractivity contribution is 0.182. The zero-order chi connectivity index (χ0) is 16.5. The van der Waals surface area contributed by atoms with Crippen LogP contribution in [-0.4, -0.2) is 56.9 Å². The first-order valence-corrected chi connectivity index (χ1v) is 8.22. The molecule has 6 nitrogen and oxygen atoms in total. The van der Waals surface area contributed by atoms with Crippen LogP contribution in [0.3, 0.4) is 0 Å². The predicted molar refractivity (Wildman–Crippen MR) is 94.0 cm³/mol. The molecular formula is C18H21N5O. The number of likely N-dealkylation sites (tertiary alicyclic amines) is 1. The summed E-state index contributed by atoms with van der Waals surface area (Å²) in [6.45, 7) is 1.09. The summed E-state index contributed by atoms with van der Waals surface area (Å²) in [7, 11) is 2.05. The van der Waals surface area contributed by atoms with Crippen molar-refractivity contribution in [1.29, 1.82) is 0 Å². The largest absolute Gasteiger partial charge is 0.395 e. The van der Waals surface area contributed by atoms with Gasteiger partial charge in [0.2, 0.25) is 0 Å². The zero-order valence-electron chi connectivity index (χ0n) is 13.6. The summed E-state index contributed by atoms with van der Waals surface area (Å²) < 4.78 is 1.83. The number of rotatable bonds is 4. The molecule has 2 aromatic heterocycles. The molecular weight excluding hydrogens is 302 g/mol. The monoisotopic (exact) mass is 323 g/mol. The van der Waals surface area contributed by atoms with E-state index in [0.29, 0.717) is 0 Å². The van der Waals surface area contributed by atoms with Crippen LogP contribution in [-0.2, 0) is 0 Å². The Morgan fingerprint density at radius 2 is 2.08 bits per heavy atom. The molecule has 4 rings (SSSR count). The highest BCUT2D eigenvalue weighted by molar-refractivity contribution is 5.66.